The van der Waals surface area contributed by atoms with E-state index < -0.39 is 0 Å². The molecule has 1 aliphatic heterocycles. The summed E-state index contributed by atoms with van der Waals surface area (Å²) in [6, 6.07) is 3.63. The molecule has 1 aromatic heterocycles. The molecule has 0 saturated carbocycles. The molecule has 100 valence electrons. The van der Waals surface area contributed by atoms with E-state index in [1.54, 1.807) is 12.3 Å². The second-order valence-corrected chi connectivity index (χ2v) is 4.32. The van der Waals surface area contributed by atoms with E-state index in [1.165, 1.54) is 0 Å². The summed E-state index contributed by atoms with van der Waals surface area (Å²) in [4.78, 5) is 13.8. The maximum atomic E-state index is 11.7. The highest BCUT2D eigenvalue weighted by atomic mass is 16.5. The molecule has 3 N–H and O–H groups in total. The predicted octanol–water partition coefficient (Wildman–Crippen LogP) is -0.445. The van der Waals surface area contributed by atoms with Crippen LogP contribution in [0.15, 0.2) is 22.8 Å². The molecule has 2 rings (SSSR count). The molecule has 1 aliphatic rings. The number of hydrogen-bond acceptors (Lipinski definition) is 5. The number of ether oxygens (including phenoxy) is 1. The smallest absolute Gasteiger partial charge is 0.234 e. The maximum absolute atomic E-state index is 11.7. The van der Waals surface area contributed by atoms with Gasteiger partial charge in [-0.15, -0.1) is 0 Å². The average molecular weight is 253 g/mol. The number of hydrogen-bond donors (Lipinski definition) is 2. The molecule has 0 spiro atoms. The van der Waals surface area contributed by atoms with Crippen molar-refractivity contribution in [3.8, 4) is 0 Å². The molecule has 2 heterocycles. The van der Waals surface area contributed by atoms with Gasteiger partial charge in [0.05, 0.1) is 32.1 Å². The fraction of sp³-hybridized carbons (Fsp3) is 0.583. The van der Waals surface area contributed by atoms with Gasteiger partial charge in [0.1, 0.15) is 5.76 Å². The Morgan fingerprint density at radius 3 is 3.22 bits per heavy atom. The van der Waals surface area contributed by atoms with E-state index in [1.807, 2.05) is 6.07 Å². The Hall–Kier alpha value is -1.37. The van der Waals surface area contributed by atoms with Gasteiger partial charge in [0, 0.05) is 19.6 Å². The lowest BCUT2D eigenvalue weighted by molar-refractivity contribution is -0.124. The van der Waals surface area contributed by atoms with Gasteiger partial charge in [0.25, 0.3) is 0 Å². The summed E-state index contributed by atoms with van der Waals surface area (Å²) in [6.07, 6.45) is 1.63. The summed E-state index contributed by atoms with van der Waals surface area (Å²) < 4.78 is 10.6. The van der Waals surface area contributed by atoms with Crippen molar-refractivity contribution in [2.45, 2.75) is 12.6 Å². The Morgan fingerprint density at radius 1 is 1.61 bits per heavy atom. The summed E-state index contributed by atoms with van der Waals surface area (Å²) in [5.41, 5.74) is 5.55. The Kier molecular flexibility index (Phi) is 4.74. The summed E-state index contributed by atoms with van der Waals surface area (Å²) >= 11 is 0. The van der Waals surface area contributed by atoms with Crippen LogP contribution in [0.1, 0.15) is 5.76 Å². The van der Waals surface area contributed by atoms with Gasteiger partial charge >= 0.3 is 0 Å². The minimum atomic E-state index is -0.0101. The molecule has 1 aromatic rings. The van der Waals surface area contributed by atoms with Crippen molar-refractivity contribution >= 4 is 5.91 Å². The Labute approximate surface area is 106 Å². The van der Waals surface area contributed by atoms with E-state index in [2.05, 4.69) is 10.2 Å². The van der Waals surface area contributed by atoms with Crippen LogP contribution in [-0.4, -0.2) is 49.7 Å². The lowest BCUT2D eigenvalue weighted by Crippen LogP contribution is -2.48. The van der Waals surface area contributed by atoms with Gasteiger partial charge in [-0.2, -0.15) is 0 Å². The van der Waals surface area contributed by atoms with Gasteiger partial charge in [-0.3, -0.25) is 9.69 Å². The highest BCUT2D eigenvalue weighted by Crippen LogP contribution is 2.03. The highest BCUT2D eigenvalue weighted by Gasteiger charge is 2.20. The van der Waals surface area contributed by atoms with Crippen molar-refractivity contribution in [1.29, 1.82) is 0 Å². The van der Waals surface area contributed by atoms with Crippen molar-refractivity contribution < 1.29 is 13.9 Å². The summed E-state index contributed by atoms with van der Waals surface area (Å²) in [5.74, 6) is 0.745. The number of morpholine rings is 1. The van der Waals surface area contributed by atoms with Crippen molar-refractivity contribution in [1.82, 2.24) is 10.2 Å². The van der Waals surface area contributed by atoms with Gasteiger partial charge in [-0.05, 0) is 12.1 Å². The third-order valence-electron chi connectivity index (χ3n) is 2.89. The summed E-state index contributed by atoms with van der Waals surface area (Å²) in [7, 11) is 0. The topological polar surface area (TPSA) is 80.7 Å². The fourth-order valence-corrected chi connectivity index (χ4v) is 1.92. The van der Waals surface area contributed by atoms with Crippen molar-refractivity contribution in [3.05, 3.63) is 24.2 Å². The van der Waals surface area contributed by atoms with Crippen molar-refractivity contribution in [2.24, 2.45) is 5.73 Å². The highest BCUT2D eigenvalue weighted by molar-refractivity contribution is 5.77. The first-order chi connectivity index (χ1) is 8.78. The molecular formula is C12H19N3O3. The van der Waals surface area contributed by atoms with Gasteiger partial charge < -0.3 is 20.2 Å². The van der Waals surface area contributed by atoms with Crippen LogP contribution in [0.5, 0.6) is 0 Å². The van der Waals surface area contributed by atoms with Crippen LogP contribution in [0, 0.1) is 0 Å². The molecule has 18 heavy (non-hydrogen) atoms. The summed E-state index contributed by atoms with van der Waals surface area (Å²) in [6.45, 7) is 3.41. The van der Waals surface area contributed by atoms with Gasteiger partial charge in [0.2, 0.25) is 5.91 Å². The molecule has 1 unspecified atom stereocenters. The number of nitrogens with one attached hydrogen (secondary N) is 1. The van der Waals surface area contributed by atoms with Crippen LogP contribution in [0.2, 0.25) is 0 Å². The van der Waals surface area contributed by atoms with Crippen LogP contribution in [0.25, 0.3) is 0 Å². The Bertz CT molecular complexity index is 367. The zero-order chi connectivity index (χ0) is 12.8. The first-order valence-corrected chi connectivity index (χ1v) is 6.11. The molecule has 0 bridgehead atoms. The molecule has 1 fully saturated rings. The first-order valence-electron chi connectivity index (χ1n) is 6.11. The predicted molar refractivity (Wildman–Crippen MR) is 65.8 cm³/mol. The fourth-order valence-electron chi connectivity index (χ4n) is 1.92. The number of furan rings is 1. The minimum absolute atomic E-state index is 0.0101. The maximum Gasteiger partial charge on any atom is 0.234 e. The first kappa shape index (κ1) is 13.1. The third kappa shape index (κ3) is 3.83. The molecule has 1 atom stereocenters. The van der Waals surface area contributed by atoms with Crippen molar-refractivity contribution in [3.63, 3.8) is 0 Å². The molecule has 0 aliphatic carbocycles. The lowest BCUT2D eigenvalue weighted by Gasteiger charge is -2.31. The lowest BCUT2D eigenvalue weighted by atomic mass is 10.2. The van der Waals surface area contributed by atoms with E-state index in [0.717, 1.165) is 12.3 Å². The number of nitrogens with two attached hydrogens (primary N) is 1. The number of rotatable bonds is 5. The van der Waals surface area contributed by atoms with E-state index >= 15 is 0 Å². The van der Waals surface area contributed by atoms with Crippen LogP contribution in [0.4, 0.5) is 0 Å². The second kappa shape index (κ2) is 6.53. The quantitative estimate of drug-likeness (QED) is 0.743. The zero-order valence-electron chi connectivity index (χ0n) is 10.3. The Morgan fingerprint density at radius 2 is 2.50 bits per heavy atom. The molecule has 1 saturated heterocycles. The summed E-state index contributed by atoms with van der Waals surface area (Å²) in [5, 5.41) is 2.82. The number of nitrogens with zero attached hydrogens (tertiary/aromatic N) is 1. The monoisotopic (exact) mass is 253 g/mol. The number of carbonyl (C=O) groups is 1. The molecular weight excluding hydrogens is 234 g/mol. The van der Waals surface area contributed by atoms with Crippen molar-refractivity contribution in [2.75, 3.05) is 32.8 Å². The minimum Gasteiger partial charge on any atom is -0.467 e. The van der Waals surface area contributed by atoms with E-state index in [4.69, 9.17) is 14.9 Å². The molecule has 6 heteroatoms. The van der Waals surface area contributed by atoms with E-state index in [9.17, 15) is 4.79 Å². The van der Waals surface area contributed by atoms with Crippen LogP contribution >= 0.6 is 0 Å². The third-order valence-corrected chi connectivity index (χ3v) is 2.89. The Balaban J connectivity index is 1.70. The molecule has 6 nitrogen and oxygen atoms in total. The standard InChI is InChI=1S/C12H19N3O3/c13-6-11-8-15(3-5-18-11)9-12(16)14-7-10-2-1-4-17-10/h1-2,4,11H,3,5-9,13H2,(H,14,16). The van der Waals surface area contributed by atoms with Crippen LogP contribution in [0.3, 0.4) is 0 Å². The second-order valence-electron chi connectivity index (χ2n) is 4.32. The SMILES string of the molecule is NCC1CN(CC(=O)NCc2ccco2)CCO1. The van der Waals surface area contributed by atoms with Crippen LogP contribution in [-0.2, 0) is 16.1 Å². The number of amides is 1. The number of carbonyl (C=O) groups excluding carboxylic acids is 1. The van der Waals surface area contributed by atoms with Gasteiger partial charge in [-0.25, -0.2) is 0 Å². The molecule has 1 amide bonds. The normalized spacial score (nSPS) is 20.8. The zero-order valence-corrected chi connectivity index (χ0v) is 10.3. The van der Waals surface area contributed by atoms with Crippen LogP contribution < -0.4 is 11.1 Å². The average Bonchev–Trinajstić information content (AvgIpc) is 2.90. The van der Waals surface area contributed by atoms with E-state index in [0.29, 0.717) is 32.8 Å². The van der Waals surface area contributed by atoms with E-state index in [-0.39, 0.29) is 12.0 Å². The van der Waals surface area contributed by atoms with Gasteiger partial charge in [-0.1, -0.05) is 0 Å². The van der Waals surface area contributed by atoms with Gasteiger partial charge in [0.15, 0.2) is 0 Å². The molecule has 0 radical (unpaired) electrons. The largest absolute Gasteiger partial charge is 0.467 e. The molecule has 0 aromatic carbocycles.